The van der Waals surface area contributed by atoms with Crippen LogP contribution in [0.3, 0.4) is 0 Å². The number of ketones is 1. The van der Waals surface area contributed by atoms with E-state index in [1.807, 2.05) is 45.0 Å². The number of aromatic amines is 1. The van der Waals surface area contributed by atoms with Crippen LogP contribution in [0.4, 0.5) is 0 Å². The van der Waals surface area contributed by atoms with Crippen LogP contribution in [0.2, 0.25) is 0 Å². The second-order valence-electron chi connectivity index (χ2n) is 5.57. The third-order valence-electron chi connectivity index (χ3n) is 2.88. The number of carbonyl (C=O) groups excluding carboxylic acids is 1. The third-order valence-corrected chi connectivity index (χ3v) is 4.30. The summed E-state index contributed by atoms with van der Waals surface area (Å²) in [6.45, 7) is 5.81. The number of carbonyl (C=O) groups is 1. The average Bonchev–Trinajstić information content (AvgIpc) is 2.84. The van der Waals surface area contributed by atoms with Crippen molar-refractivity contribution < 1.29 is 4.79 Å². The lowest BCUT2D eigenvalue weighted by Crippen LogP contribution is -2.22. The predicted octanol–water partition coefficient (Wildman–Crippen LogP) is 4.55. The number of rotatable bonds is 4. The zero-order chi connectivity index (χ0) is 14.8. The number of H-pyrrole nitrogens is 1. The topological polar surface area (TPSA) is 45.8 Å². The van der Waals surface area contributed by atoms with Crippen LogP contribution in [-0.2, 0) is 4.79 Å². The molecule has 0 saturated carbocycles. The smallest absolute Gasteiger partial charge is 0.166 e. The molecule has 106 valence electrons. The van der Waals surface area contributed by atoms with Gasteiger partial charge in [-0.1, -0.05) is 60.6 Å². The van der Waals surface area contributed by atoms with Crippen LogP contribution in [0.25, 0.3) is 11.3 Å². The molecular weight excluding hydrogens is 336 g/mol. The lowest BCUT2D eigenvalue weighted by Gasteiger charge is -2.15. The minimum atomic E-state index is -0.297. The monoisotopic (exact) mass is 352 g/mol. The molecule has 0 radical (unpaired) electrons. The van der Waals surface area contributed by atoms with Gasteiger partial charge < -0.3 is 4.98 Å². The minimum Gasteiger partial charge on any atom is -0.333 e. The summed E-state index contributed by atoms with van der Waals surface area (Å²) in [5, 5.41) is 0.778. The minimum absolute atomic E-state index is 0.226. The van der Waals surface area contributed by atoms with Gasteiger partial charge in [0.2, 0.25) is 0 Å². The van der Waals surface area contributed by atoms with Crippen LogP contribution in [0.5, 0.6) is 0 Å². The van der Waals surface area contributed by atoms with Crippen LogP contribution < -0.4 is 0 Å². The molecule has 3 nitrogen and oxygen atoms in total. The number of thioether (sulfide) groups is 1. The van der Waals surface area contributed by atoms with Crippen molar-refractivity contribution in [2.75, 3.05) is 5.75 Å². The second-order valence-corrected chi connectivity index (χ2v) is 7.45. The highest BCUT2D eigenvalue weighted by Crippen LogP contribution is 2.25. The van der Waals surface area contributed by atoms with Gasteiger partial charge in [0, 0.05) is 9.89 Å². The predicted molar refractivity (Wildman–Crippen MR) is 86.9 cm³/mol. The molecule has 1 aromatic heterocycles. The molecule has 0 unspecified atom stereocenters. The Hall–Kier alpha value is -1.07. The van der Waals surface area contributed by atoms with Gasteiger partial charge in [0.05, 0.1) is 17.6 Å². The number of halogens is 1. The molecule has 1 heterocycles. The van der Waals surface area contributed by atoms with E-state index in [0.717, 1.165) is 20.9 Å². The largest absolute Gasteiger partial charge is 0.333 e. The Morgan fingerprint density at radius 2 is 1.95 bits per heavy atom. The molecule has 0 bridgehead atoms. The third kappa shape index (κ3) is 3.96. The van der Waals surface area contributed by atoms with E-state index in [9.17, 15) is 4.79 Å². The highest BCUT2D eigenvalue weighted by atomic mass is 79.9. The maximum Gasteiger partial charge on any atom is 0.166 e. The zero-order valence-electron chi connectivity index (χ0n) is 11.7. The molecule has 0 amide bonds. The Labute approximate surface area is 131 Å². The average molecular weight is 353 g/mol. The first-order valence-corrected chi connectivity index (χ1v) is 8.11. The van der Waals surface area contributed by atoms with Crippen LogP contribution in [0.15, 0.2) is 40.1 Å². The van der Waals surface area contributed by atoms with Gasteiger partial charge in [0.15, 0.2) is 5.16 Å². The lowest BCUT2D eigenvalue weighted by atomic mass is 9.92. The van der Waals surface area contributed by atoms with E-state index < -0.39 is 0 Å². The molecule has 20 heavy (non-hydrogen) atoms. The highest BCUT2D eigenvalue weighted by molar-refractivity contribution is 9.10. The van der Waals surface area contributed by atoms with Crippen molar-refractivity contribution >= 4 is 33.5 Å². The number of Topliss-reactive ketones (excluding diaryl/α,β-unsaturated/α-hetero) is 1. The van der Waals surface area contributed by atoms with Gasteiger partial charge in [0.1, 0.15) is 5.78 Å². The summed E-state index contributed by atoms with van der Waals surface area (Å²) >= 11 is 4.86. The van der Waals surface area contributed by atoms with Crippen molar-refractivity contribution in [1.29, 1.82) is 0 Å². The Balaban J connectivity index is 2.03. The Kier molecular flexibility index (Phi) is 4.70. The fourth-order valence-electron chi connectivity index (χ4n) is 1.50. The van der Waals surface area contributed by atoms with Crippen LogP contribution in [0, 0.1) is 5.41 Å². The first kappa shape index (κ1) is 15.3. The fourth-order valence-corrected chi connectivity index (χ4v) is 2.78. The van der Waals surface area contributed by atoms with Gasteiger partial charge in [0.25, 0.3) is 0 Å². The van der Waals surface area contributed by atoms with E-state index in [-0.39, 0.29) is 11.2 Å². The molecule has 0 fully saturated rings. The Morgan fingerprint density at radius 3 is 2.55 bits per heavy atom. The quantitative estimate of drug-likeness (QED) is 0.821. The van der Waals surface area contributed by atoms with E-state index >= 15 is 0 Å². The van der Waals surface area contributed by atoms with Gasteiger partial charge in [-0.2, -0.15) is 0 Å². The number of benzene rings is 1. The summed E-state index contributed by atoms with van der Waals surface area (Å²) in [6, 6.07) is 8.02. The Bertz CT molecular complexity index is 599. The first-order valence-electron chi connectivity index (χ1n) is 6.33. The zero-order valence-corrected chi connectivity index (χ0v) is 14.1. The van der Waals surface area contributed by atoms with Crippen molar-refractivity contribution in [3.8, 4) is 11.3 Å². The molecule has 0 atom stereocenters. The fraction of sp³-hybridized carbons (Fsp3) is 0.333. The van der Waals surface area contributed by atoms with Crippen molar-refractivity contribution in [3.05, 3.63) is 34.9 Å². The van der Waals surface area contributed by atoms with E-state index in [4.69, 9.17) is 0 Å². The van der Waals surface area contributed by atoms with Gasteiger partial charge in [-0.3, -0.25) is 4.79 Å². The molecule has 2 aromatic rings. The van der Waals surface area contributed by atoms with Gasteiger partial charge >= 0.3 is 0 Å². The highest BCUT2D eigenvalue weighted by Gasteiger charge is 2.21. The summed E-state index contributed by atoms with van der Waals surface area (Å²) in [5.41, 5.74) is 1.74. The van der Waals surface area contributed by atoms with E-state index in [1.165, 1.54) is 11.8 Å². The van der Waals surface area contributed by atoms with Crippen LogP contribution >= 0.6 is 27.7 Å². The maximum absolute atomic E-state index is 11.9. The molecular formula is C15H17BrN2OS. The molecule has 0 aliphatic heterocycles. The molecule has 1 N–H and O–H groups in total. The summed E-state index contributed by atoms with van der Waals surface area (Å²) in [4.78, 5) is 19.4. The Morgan fingerprint density at radius 1 is 1.30 bits per heavy atom. The number of imidazole rings is 1. The van der Waals surface area contributed by atoms with Crippen molar-refractivity contribution in [2.45, 2.75) is 25.9 Å². The molecule has 0 aliphatic rings. The van der Waals surface area contributed by atoms with E-state index in [0.29, 0.717) is 5.75 Å². The molecule has 5 heteroatoms. The van der Waals surface area contributed by atoms with E-state index in [2.05, 4.69) is 25.9 Å². The molecule has 0 spiro atoms. The van der Waals surface area contributed by atoms with Gasteiger partial charge in [-0.15, -0.1) is 0 Å². The van der Waals surface area contributed by atoms with E-state index in [1.54, 1.807) is 6.20 Å². The van der Waals surface area contributed by atoms with Crippen molar-refractivity contribution in [1.82, 2.24) is 9.97 Å². The van der Waals surface area contributed by atoms with Crippen LogP contribution in [-0.4, -0.2) is 21.5 Å². The molecule has 1 aromatic carbocycles. The summed E-state index contributed by atoms with van der Waals surface area (Å²) in [6.07, 6.45) is 1.80. The molecule has 0 aliphatic carbocycles. The number of hydrogen-bond acceptors (Lipinski definition) is 3. The van der Waals surface area contributed by atoms with Gasteiger partial charge in [-0.05, 0) is 17.7 Å². The number of aromatic nitrogens is 2. The number of hydrogen-bond donors (Lipinski definition) is 1. The SMILES string of the molecule is CC(C)(C)C(=O)CSc1ncc(-c2ccc(Br)cc2)[nH]1. The summed E-state index contributed by atoms with van der Waals surface area (Å²) in [7, 11) is 0. The van der Waals surface area contributed by atoms with Crippen molar-refractivity contribution in [2.24, 2.45) is 5.41 Å². The first-order chi connectivity index (χ1) is 9.36. The maximum atomic E-state index is 11.9. The lowest BCUT2D eigenvalue weighted by molar-refractivity contribution is -0.123. The van der Waals surface area contributed by atoms with Crippen molar-refractivity contribution in [3.63, 3.8) is 0 Å². The molecule has 0 saturated heterocycles. The standard InChI is InChI=1S/C15H17BrN2OS/c1-15(2,3)13(19)9-20-14-17-8-12(18-14)10-4-6-11(16)7-5-10/h4-8H,9H2,1-3H3,(H,17,18). The van der Waals surface area contributed by atoms with Gasteiger partial charge in [-0.25, -0.2) is 4.98 Å². The number of nitrogens with zero attached hydrogens (tertiary/aromatic N) is 1. The normalized spacial score (nSPS) is 11.6. The summed E-state index contributed by atoms with van der Waals surface area (Å²) in [5.74, 6) is 0.667. The number of nitrogens with one attached hydrogen (secondary N) is 1. The molecule has 2 rings (SSSR count). The summed E-state index contributed by atoms with van der Waals surface area (Å²) < 4.78 is 1.05. The van der Waals surface area contributed by atoms with Crippen LogP contribution in [0.1, 0.15) is 20.8 Å². The second kappa shape index (κ2) is 6.14.